The summed E-state index contributed by atoms with van der Waals surface area (Å²) in [6, 6.07) is 4.62. The van der Waals surface area contributed by atoms with Crippen molar-refractivity contribution in [2.75, 3.05) is 0 Å². The average molecular weight is 617 g/mol. The molecule has 3 fully saturated rings. The van der Waals surface area contributed by atoms with E-state index in [4.69, 9.17) is 9.47 Å². The zero-order valence-electron chi connectivity index (χ0n) is 27.6. The first-order chi connectivity index (χ1) is 20.6. The fraction of sp³-hybridized carbons (Fsp3) is 0.686. The molecule has 1 aliphatic heterocycles. The minimum atomic E-state index is -1.50. The highest BCUT2D eigenvalue weighted by Crippen LogP contribution is 2.66. The molecule has 0 spiro atoms. The first-order valence-electron chi connectivity index (χ1n) is 15.6. The Morgan fingerprint density at radius 2 is 1.95 bits per heavy atom. The van der Waals surface area contributed by atoms with Gasteiger partial charge in [0, 0.05) is 28.8 Å². The van der Waals surface area contributed by atoms with Gasteiger partial charge in [-0.3, -0.25) is 4.79 Å². The zero-order chi connectivity index (χ0) is 33.5. The summed E-state index contributed by atoms with van der Waals surface area (Å²) in [5.41, 5.74) is 0.389. The van der Waals surface area contributed by atoms with Crippen molar-refractivity contribution in [3.63, 3.8) is 0 Å². The number of rotatable bonds is 8. The first kappa shape index (κ1) is 37.4. The highest BCUT2D eigenvalue weighted by Gasteiger charge is 2.74. The van der Waals surface area contributed by atoms with E-state index >= 15 is 0 Å². The van der Waals surface area contributed by atoms with Gasteiger partial charge in [-0.1, -0.05) is 60.1 Å². The number of fused-ring (bicyclic) bond motifs is 3. The van der Waals surface area contributed by atoms with Gasteiger partial charge in [-0.2, -0.15) is 9.65 Å². The number of aliphatic hydroxyl groups is 1. The molecule has 1 aromatic heterocycles. The number of aliphatic hydroxyl groups excluding tert-OH is 1. The van der Waals surface area contributed by atoms with Crippen LogP contribution in [0.5, 0.6) is 0 Å². The maximum absolute atomic E-state index is 15.0. The van der Waals surface area contributed by atoms with Crippen LogP contribution in [0.15, 0.2) is 36.1 Å². The number of ether oxygens (including phenoxy) is 2. The molecule has 2 heterocycles. The number of nitriles is 1. The number of aromatic nitrogens is 1. The Hall–Kier alpha value is -2.76. The maximum atomic E-state index is 15.0. The first-order valence-corrected chi connectivity index (χ1v) is 15.6. The number of hydrogen-bond acceptors (Lipinski definition) is 7. The number of ketones is 1. The molecule has 244 valence electrons. The molecule has 2 saturated carbocycles. The van der Waals surface area contributed by atoms with Crippen LogP contribution in [0.3, 0.4) is 0 Å². The number of carbonyl (C=O) groups is 1. The third-order valence-electron chi connectivity index (χ3n) is 10.1. The summed E-state index contributed by atoms with van der Waals surface area (Å²) >= 11 is 0. The van der Waals surface area contributed by atoms with Crippen molar-refractivity contribution in [2.45, 2.75) is 131 Å². The summed E-state index contributed by atoms with van der Waals surface area (Å²) in [5, 5.41) is 19.8. The van der Waals surface area contributed by atoms with Crippen molar-refractivity contribution in [3.8, 4) is 6.07 Å². The lowest BCUT2D eigenvalue weighted by molar-refractivity contribution is -0.193. The second-order valence-corrected chi connectivity index (χ2v) is 13.2. The van der Waals surface area contributed by atoms with Crippen LogP contribution in [-0.2, 0) is 19.1 Å². The summed E-state index contributed by atoms with van der Waals surface area (Å²) in [7, 11) is 0. The van der Waals surface area contributed by atoms with Crippen LogP contribution in [0.25, 0.3) is 0 Å². The fourth-order valence-corrected chi connectivity index (χ4v) is 6.56. The van der Waals surface area contributed by atoms with Crippen molar-refractivity contribution in [3.05, 3.63) is 47.6 Å². The smallest absolute Gasteiger partial charge is 0.213 e. The van der Waals surface area contributed by atoms with Gasteiger partial charge in [-0.05, 0) is 69.3 Å². The summed E-state index contributed by atoms with van der Waals surface area (Å²) in [5.74, 6) is -0.0149. The molecular weight excluding hydrogens is 566 g/mol. The van der Waals surface area contributed by atoms with Gasteiger partial charge in [0.2, 0.25) is 5.95 Å². The Kier molecular flexibility index (Phi) is 13.2. The number of carbonyl (C=O) groups excluding carboxylic acids is 2. The minimum absolute atomic E-state index is 0.0352. The van der Waals surface area contributed by atoms with Gasteiger partial charge in [-0.25, -0.2) is 14.2 Å². The topological polar surface area (TPSA) is 110 Å². The van der Waals surface area contributed by atoms with E-state index in [1.54, 1.807) is 18.9 Å². The predicted molar refractivity (Wildman–Crippen MR) is 165 cm³/mol. The normalized spacial score (nSPS) is 32.0. The molecule has 8 atom stereocenters. The Bertz CT molecular complexity index is 1260. The van der Waals surface area contributed by atoms with Gasteiger partial charge in [0.1, 0.15) is 12.1 Å². The summed E-state index contributed by atoms with van der Waals surface area (Å²) in [6.07, 6.45) is 0.340. The van der Waals surface area contributed by atoms with E-state index in [1.165, 1.54) is 24.3 Å². The zero-order valence-corrected chi connectivity index (χ0v) is 27.6. The molecule has 4 unspecified atom stereocenters. The van der Waals surface area contributed by atoms with Crippen molar-refractivity contribution in [1.29, 1.82) is 5.26 Å². The molecule has 0 amide bonds. The monoisotopic (exact) mass is 616 g/mol. The second kappa shape index (κ2) is 15.5. The number of halogens is 2. The van der Waals surface area contributed by atoms with Crippen LogP contribution in [0.4, 0.5) is 8.78 Å². The van der Waals surface area contributed by atoms with E-state index in [-0.39, 0.29) is 18.8 Å². The molecule has 2 aliphatic carbocycles. The quantitative estimate of drug-likeness (QED) is 0.182. The predicted octanol–water partition coefficient (Wildman–Crippen LogP) is 7.57. The Morgan fingerprint density at radius 1 is 1.30 bits per heavy atom. The number of hydrogen-bond donors (Lipinski definition) is 1. The molecule has 4 rings (SSSR count). The van der Waals surface area contributed by atoms with Gasteiger partial charge >= 0.3 is 0 Å². The van der Waals surface area contributed by atoms with E-state index in [2.05, 4.69) is 39.3 Å². The highest BCUT2D eigenvalue weighted by atomic mass is 19.1. The van der Waals surface area contributed by atoms with Crippen LogP contribution in [0.2, 0.25) is 0 Å². The van der Waals surface area contributed by atoms with Gasteiger partial charge in [-0.15, -0.1) is 0 Å². The lowest BCUT2D eigenvalue weighted by Gasteiger charge is -2.51. The molecule has 0 aromatic carbocycles. The van der Waals surface area contributed by atoms with E-state index in [0.29, 0.717) is 23.8 Å². The number of alkyl halides is 1. The molecule has 0 bridgehead atoms. The SMILES string of the molecule is C=C(C)C(C)(C)CC.CCC(C)=C=O.CCCC1[C@H](F)C(O)CC2(C)[C@H]1C[C@H]1OC(c3ccnc(F)c3)O[C@]12C(=O)CC#N. The standard InChI is InChI=1S/C22H26F2N2O4.C8H16.C5H8O/c1-3-4-13-14-10-17-22(16(28)5-7-25,21(14,2)11-15(27)19(13)24)30-20(29-17)12-6-8-26-18(23)9-12;1-6-8(4,5)7(2)3;1-3-5(2)4-6/h6,8-9,13-15,17,19-20,27H,3-5,10-11H2,1-2H3;2,6H2,1,3-5H3;3H2,1-2H3/t13?,14-,15?,17+,19-,20?,21?,22+;;/m0../s1. The van der Waals surface area contributed by atoms with Gasteiger partial charge in [0.25, 0.3) is 0 Å². The molecule has 0 radical (unpaired) electrons. The molecule has 1 N–H and O–H groups in total. The Balaban J connectivity index is 0.000000402. The molecular formula is C35H50F2N2O5. The number of allylic oxidation sites excluding steroid dienone is 2. The van der Waals surface area contributed by atoms with Crippen molar-refractivity contribution < 1.29 is 33.0 Å². The molecule has 9 heteroatoms. The Morgan fingerprint density at radius 3 is 2.41 bits per heavy atom. The van der Waals surface area contributed by atoms with Crippen LogP contribution >= 0.6 is 0 Å². The van der Waals surface area contributed by atoms with Crippen LogP contribution < -0.4 is 0 Å². The van der Waals surface area contributed by atoms with Gasteiger partial charge in [0.15, 0.2) is 17.7 Å². The van der Waals surface area contributed by atoms with Crippen molar-refractivity contribution in [1.82, 2.24) is 4.98 Å². The number of pyridine rings is 1. The molecule has 7 nitrogen and oxygen atoms in total. The van der Waals surface area contributed by atoms with E-state index in [0.717, 1.165) is 18.4 Å². The number of nitrogens with zero attached hydrogens (tertiary/aromatic N) is 2. The largest absolute Gasteiger partial charge is 0.390 e. The van der Waals surface area contributed by atoms with E-state index < -0.39 is 53.3 Å². The third-order valence-corrected chi connectivity index (χ3v) is 10.1. The second-order valence-electron chi connectivity index (χ2n) is 13.2. The maximum Gasteiger partial charge on any atom is 0.213 e. The molecule has 1 aromatic rings. The molecule has 44 heavy (non-hydrogen) atoms. The summed E-state index contributed by atoms with van der Waals surface area (Å²) in [4.78, 5) is 26.4. The third kappa shape index (κ3) is 7.54. The minimum Gasteiger partial charge on any atom is -0.390 e. The fourth-order valence-electron chi connectivity index (χ4n) is 6.56. The average Bonchev–Trinajstić information content (AvgIpc) is 3.49. The van der Waals surface area contributed by atoms with E-state index in [9.17, 15) is 28.7 Å². The van der Waals surface area contributed by atoms with E-state index in [1.807, 2.05) is 26.8 Å². The van der Waals surface area contributed by atoms with Crippen LogP contribution in [0.1, 0.15) is 112 Å². The van der Waals surface area contributed by atoms with Crippen LogP contribution in [0, 0.1) is 39.9 Å². The van der Waals surface area contributed by atoms with Crippen molar-refractivity contribution in [2.24, 2.45) is 22.7 Å². The molecule has 3 aliphatic rings. The lowest BCUT2D eigenvalue weighted by Crippen LogP contribution is -2.61. The van der Waals surface area contributed by atoms with Crippen molar-refractivity contribution >= 4 is 11.7 Å². The number of Topliss-reactive ketones (excluding diaryl/α,β-unsaturated/α-hetero) is 1. The Labute approximate surface area is 261 Å². The summed E-state index contributed by atoms with van der Waals surface area (Å²) in [6.45, 7) is 20.1. The van der Waals surface area contributed by atoms with Gasteiger partial charge in [0.05, 0.1) is 24.7 Å². The van der Waals surface area contributed by atoms with Crippen LogP contribution in [-0.4, -0.2) is 45.8 Å². The van der Waals surface area contributed by atoms with Gasteiger partial charge < -0.3 is 14.6 Å². The highest BCUT2D eigenvalue weighted by molar-refractivity contribution is 5.91. The lowest BCUT2D eigenvalue weighted by atomic mass is 9.56. The summed E-state index contributed by atoms with van der Waals surface area (Å²) < 4.78 is 41.0. The molecule has 1 saturated heterocycles.